The Balaban J connectivity index is 2.03. The Morgan fingerprint density at radius 2 is 2.00 bits per heavy atom. The van der Waals surface area contributed by atoms with E-state index in [1.165, 1.54) is 0 Å². The molecule has 0 spiro atoms. The van der Waals surface area contributed by atoms with Crippen LogP contribution in [0.3, 0.4) is 0 Å². The van der Waals surface area contributed by atoms with Crippen LogP contribution in [0.2, 0.25) is 0 Å². The summed E-state index contributed by atoms with van der Waals surface area (Å²) in [5.41, 5.74) is 2.17. The molecule has 4 nitrogen and oxygen atoms in total. The van der Waals surface area contributed by atoms with Gasteiger partial charge in [0.1, 0.15) is 0 Å². The number of aromatic nitrogens is 1. The Morgan fingerprint density at radius 1 is 1.13 bits per heavy atom. The lowest BCUT2D eigenvalue weighted by molar-refractivity contribution is 0.275. The number of rotatable bonds is 9. The Labute approximate surface area is 146 Å². The van der Waals surface area contributed by atoms with Gasteiger partial charge < -0.3 is 14.8 Å². The van der Waals surface area contributed by atoms with Gasteiger partial charge in [0, 0.05) is 19.3 Å². The molecule has 0 aliphatic carbocycles. The van der Waals surface area contributed by atoms with Crippen LogP contribution in [-0.4, -0.2) is 18.2 Å². The average Bonchev–Trinajstić information content (AvgIpc) is 2.55. The normalized spacial score (nSPS) is 10.6. The molecule has 2 rings (SSSR count). The van der Waals surface area contributed by atoms with Gasteiger partial charge in [0.05, 0.1) is 23.4 Å². The summed E-state index contributed by atoms with van der Waals surface area (Å²) in [5.74, 6) is 1.56. The highest BCUT2D eigenvalue weighted by Gasteiger charge is 2.12. The number of hydrogen-bond donors (Lipinski definition) is 1. The molecule has 0 saturated carbocycles. The van der Waals surface area contributed by atoms with Crippen molar-refractivity contribution in [3.05, 3.63) is 52.3 Å². The van der Waals surface area contributed by atoms with Gasteiger partial charge in [0.25, 0.3) is 0 Å². The zero-order valence-corrected chi connectivity index (χ0v) is 15.2. The smallest absolute Gasteiger partial charge is 0.175 e. The number of benzene rings is 1. The molecular formula is C18H23BrN2O2. The van der Waals surface area contributed by atoms with Crippen molar-refractivity contribution >= 4 is 15.9 Å². The first-order chi connectivity index (χ1) is 11.2. The van der Waals surface area contributed by atoms with E-state index in [-0.39, 0.29) is 0 Å². The second-order valence-corrected chi connectivity index (χ2v) is 5.97. The number of nitrogens with zero attached hydrogens (tertiary/aromatic N) is 1. The maximum Gasteiger partial charge on any atom is 0.175 e. The molecule has 0 atom stereocenters. The SMILES string of the molecule is CCCOc1c(Br)cc(CNCc2ccccn2)cc1OCC. The zero-order valence-electron chi connectivity index (χ0n) is 13.6. The maximum atomic E-state index is 5.80. The third kappa shape index (κ3) is 5.52. The molecule has 23 heavy (non-hydrogen) atoms. The lowest BCUT2D eigenvalue weighted by Crippen LogP contribution is -2.14. The van der Waals surface area contributed by atoms with E-state index >= 15 is 0 Å². The molecule has 1 N–H and O–H groups in total. The summed E-state index contributed by atoms with van der Waals surface area (Å²) in [6.07, 6.45) is 2.77. The maximum absolute atomic E-state index is 5.80. The Bertz CT molecular complexity index is 605. The van der Waals surface area contributed by atoms with Crippen LogP contribution in [0.25, 0.3) is 0 Å². The van der Waals surface area contributed by atoms with E-state index in [1.807, 2.05) is 31.2 Å². The van der Waals surface area contributed by atoms with Crippen molar-refractivity contribution in [2.24, 2.45) is 0 Å². The second-order valence-electron chi connectivity index (χ2n) is 5.11. The predicted molar refractivity (Wildman–Crippen MR) is 95.9 cm³/mol. The van der Waals surface area contributed by atoms with Crippen molar-refractivity contribution < 1.29 is 9.47 Å². The highest BCUT2D eigenvalue weighted by molar-refractivity contribution is 9.10. The summed E-state index contributed by atoms with van der Waals surface area (Å²) in [4.78, 5) is 4.31. The fourth-order valence-corrected chi connectivity index (χ4v) is 2.77. The summed E-state index contributed by atoms with van der Waals surface area (Å²) in [6, 6.07) is 10.0. The second kappa shape index (κ2) is 9.53. The van der Waals surface area contributed by atoms with E-state index < -0.39 is 0 Å². The van der Waals surface area contributed by atoms with Crippen LogP contribution in [0.5, 0.6) is 11.5 Å². The fourth-order valence-electron chi connectivity index (χ4n) is 2.17. The van der Waals surface area contributed by atoms with E-state index in [0.717, 1.165) is 46.7 Å². The Kier molecular flexibility index (Phi) is 7.36. The van der Waals surface area contributed by atoms with Gasteiger partial charge in [-0.15, -0.1) is 0 Å². The monoisotopic (exact) mass is 378 g/mol. The molecule has 5 heteroatoms. The van der Waals surface area contributed by atoms with Crippen molar-refractivity contribution in [3.8, 4) is 11.5 Å². The lowest BCUT2D eigenvalue weighted by atomic mass is 10.2. The van der Waals surface area contributed by atoms with Crippen molar-refractivity contribution in [2.45, 2.75) is 33.4 Å². The number of halogens is 1. The van der Waals surface area contributed by atoms with Crippen LogP contribution in [0, 0.1) is 0 Å². The van der Waals surface area contributed by atoms with Gasteiger partial charge >= 0.3 is 0 Å². The molecule has 0 bridgehead atoms. The van der Waals surface area contributed by atoms with Crippen LogP contribution in [0.1, 0.15) is 31.5 Å². The molecule has 124 valence electrons. The van der Waals surface area contributed by atoms with E-state index in [0.29, 0.717) is 13.2 Å². The molecule has 0 aliphatic heterocycles. The third-order valence-electron chi connectivity index (χ3n) is 3.18. The van der Waals surface area contributed by atoms with E-state index in [2.05, 4.69) is 39.2 Å². The first-order valence-corrected chi connectivity index (χ1v) is 8.72. The van der Waals surface area contributed by atoms with Crippen molar-refractivity contribution in [1.82, 2.24) is 10.3 Å². The summed E-state index contributed by atoms with van der Waals surface area (Å²) in [5, 5.41) is 3.40. The molecule has 0 saturated heterocycles. The standard InChI is InChI=1S/C18H23BrN2O2/c1-3-9-23-18-16(19)10-14(11-17(18)22-4-2)12-20-13-15-7-5-6-8-21-15/h5-8,10-11,20H,3-4,9,12-13H2,1-2H3. The molecule has 1 aromatic carbocycles. The molecular weight excluding hydrogens is 356 g/mol. The molecule has 0 unspecified atom stereocenters. The number of hydrogen-bond acceptors (Lipinski definition) is 4. The first kappa shape index (κ1) is 17.8. The van der Waals surface area contributed by atoms with Gasteiger partial charge in [-0.2, -0.15) is 0 Å². The van der Waals surface area contributed by atoms with E-state index in [9.17, 15) is 0 Å². The first-order valence-electron chi connectivity index (χ1n) is 7.93. The number of pyridine rings is 1. The van der Waals surface area contributed by atoms with Gasteiger partial charge in [-0.1, -0.05) is 13.0 Å². The highest BCUT2D eigenvalue weighted by Crippen LogP contribution is 2.37. The largest absolute Gasteiger partial charge is 0.490 e. The topological polar surface area (TPSA) is 43.4 Å². The van der Waals surface area contributed by atoms with Gasteiger partial charge in [-0.05, 0) is 59.1 Å². The van der Waals surface area contributed by atoms with Gasteiger partial charge in [0.15, 0.2) is 11.5 Å². The van der Waals surface area contributed by atoms with Crippen LogP contribution in [0.15, 0.2) is 41.0 Å². The summed E-state index contributed by atoms with van der Waals surface area (Å²) < 4.78 is 12.4. The molecule has 0 amide bonds. The zero-order chi connectivity index (χ0) is 16.5. The van der Waals surface area contributed by atoms with Gasteiger partial charge in [-0.25, -0.2) is 0 Å². The van der Waals surface area contributed by atoms with E-state index in [1.54, 1.807) is 6.20 Å². The minimum absolute atomic E-state index is 0.611. The van der Waals surface area contributed by atoms with Gasteiger partial charge in [-0.3, -0.25) is 4.98 Å². The molecule has 2 aromatic rings. The van der Waals surface area contributed by atoms with Crippen molar-refractivity contribution in [1.29, 1.82) is 0 Å². The van der Waals surface area contributed by atoms with Crippen molar-refractivity contribution in [2.75, 3.05) is 13.2 Å². The fraction of sp³-hybridized carbons (Fsp3) is 0.389. The Hall–Kier alpha value is -1.59. The van der Waals surface area contributed by atoms with Crippen LogP contribution < -0.4 is 14.8 Å². The molecule has 1 aromatic heterocycles. The van der Waals surface area contributed by atoms with Gasteiger partial charge in [0.2, 0.25) is 0 Å². The van der Waals surface area contributed by atoms with Crippen LogP contribution in [-0.2, 0) is 13.1 Å². The lowest BCUT2D eigenvalue weighted by Gasteiger charge is -2.15. The highest BCUT2D eigenvalue weighted by atomic mass is 79.9. The predicted octanol–water partition coefficient (Wildman–Crippen LogP) is 4.32. The van der Waals surface area contributed by atoms with Crippen molar-refractivity contribution in [3.63, 3.8) is 0 Å². The summed E-state index contributed by atoms with van der Waals surface area (Å²) in [7, 11) is 0. The van der Waals surface area contributed by atoms with Crippen LogP contribution in [0.4, 0.5) is 0 Å². The summed E-state index contributed by atoms with van der Waals surface area (Å²) in [6.45, 7) is 6.82. The number of ether oxygens (including phenoxy) is 2. The average molecular weight is 379 g/mol. The quantitative estimate of drug-likeness (QED) is 0.705. The minimum atomic E-state index is 0.611. The molecule has 1 heterocycles. The minimum Gasteiger partial charge on any atom is -0.490 e. The summed E-state index contributed by atoms with van der Waals surface area (Å²) >= 11 is 3.59. The van der Waals surface area contributed by atoms with E-state index in [4.69, 9.17) is 9.47 Å². The Morgan fingerprint density at radius 3 is 2.70 bits per heavy atom. The number of nitrogens with one attached hydrogen (secondary N) is 1. The molecule has 0 aliphatic rings. The third-order valence-corrected chi connectivity index (χ3v) is 3.77. The van der Waals surface area contributed by atoms with Crippen LogP contribution >= 0.6 is 15.9 Å². The molecule has 0 fully saturated rings. The molecule has 0 radical (unpaired) electrons.